The maximum absolute atomic E-state index is 6.04. The van der Waals surface area contributed by atoms with Crippen molar-refractivity contribution >= 4 is 11.6 Å². The summed E-state index contributed by atoms with van der Waals surface area (Å²) in [5.41, 5.74) is 3.34. The zero-order chi connectivity index (χ0) is 9.76. The average molecular weight is 211 g/mol. The van der Waals surface area contributed by atoms with Crippen molar-refractivity contribution in [3.8, 4) is 0 Å². The molecule has 1 fully saturated rings. The summed E-state index contributed by atoms with van der Waals surface area (Å²) in [6.45, 7) is 2.60. The highest BCUT2D eigenvalue weighted by atomic mass is 35.5. The van der Waals surface area contributed by atoms with Gasteiger partial charge in [0, 0.05) is 17.5 Å². The quantitative estimate of drug-likeness (QED) is 0.658. The lowest BCUT2D eigenvalue weighted by molar-refractivity contribution is 0.00738. The fraction of sp³-hybridized carbons (Fsp3) is 0.600. The van der Waals surface area contributed by atoms with E-state index in [1.165, 1.54) is 0 Å². The molecule has 1 aliphatic carbocycles. The molecule has 0 unspecified atom stereocenters. The number of ether oxygens (including phenoxy) is 1. The monoisotopic (exact) mass is 210 g/mol. The van der Waals surface area contributed by atoms with E-state index in [4.69, 9.17) is 16.3 Å². The molecule has 0 aromatic carbocycles. The van der Waals surface area contributed by atoms with E-state index in [1.54, 1.807) is 0 Å². The summed E-state index contributed by atoms with van der Waals surface area (Å²) in [7, 11) is 0. The van der Waals surface area contributed by atoms with E-state index in [9.17, 15) is 0 Å². The van der Waals surface area contributed by atoms with Crippen molar-refractivity contribution in [1.82, 2.24) is 10.2 Å². The van der Waals surface area contributed by atoms with Gasteiger partial charge in [0.15, 0.2) is 5.15 Å². The fourth-order valence-electron chi connectivity index (χ4n) is 2.01. The summed E-state index contributed by atoms with van der Waals surface area (Å²) in [4.78, 5) is 0. The number of halogens is 1. The number of aryl methyl sites for hydroxylation is 1. The van der Waals surface area contributed by atoms with Gasteiger partial charge in [-0.15, -0.1) is 5.10 Å². The van der Waals surface area contributed by atoms with Crippen LogP contribution in [0.15, 0.2) is 0 Å². The molecule has 14 heavy (non-hydrogen) atoms. The van der Waals surface area contributed by atoms with Crippen LogP contribution in [0.25, 0.3) is 0 Å². The molecule has 3 nitrogen and oxygen atoms in total. The first-order valence-electron chi connectivity index (χ1n) is 4.85. The van der Waals surface area contributed by atoms with E-state index in [1.807, 2.05) is 6.92 Å². The topological polar surface area (TPSA) is 35.0 Å². The van der Waals surface area contributed by atoms with Crippen LogP contribution in [0.4, 0.5) is 0 Å². The van der Waals surface area contributed by atoms with Gasteiger partial charge in [-0.1, -0.05) is 11.6 Å². The molecular formula is C10H11ClN2O. The van der Waals surface area contributed by atoms with Gasteiger partial charge >= 0.3 is 0 Å². The number of rotatable bonds is 0. The van der Waals surface area contributed by atoms with Gasteiger partial charge in [0.2, 0.25) is 0 Å². The lowest BCUT2D eigenvalue weighted by Gasteiger charge is -2.25. The lowest BCUT2D eigenvalue weighted by atomic mass is 9.99. The van der Waals surface area contributed by atoms with E-state index >= 15 is 0 Å². The molecule has 2 aliphatic rings. The predicted molar refractivity (Wildman–Crippen MR) is 52.2 cm³/mol. The molecule has 0 saturated heterocycles. The zero-order valence-corrected chi connectivity index (χ0v) is 8.76. The summed E-state index contributed by atoms with van der Waals surface area (Å²) < 4.78 is 5.81. The summed E-state index contributed by atoms with van der Waals surface area (Å²) in [6, 6.07) is 0. The van der Waals surface area contributed by atoms with Gasteiger partial charge in [0.05, 0.1) is 17.9 Å². The lowest BCUT2D eigenvalue weighted by Crippen LogP contribution is -2.25. The summed E-state index contributed by atoms with van der Waals surface area (Å²) in [5, 5.41) is 8.50. The molecule has 2 heterocycles. The molecule has 1 aliphatic heterocycles. The Balaban J connectivity index is 2.10. The van der Waals surface area contributed by atoms with Crippen molar-refractivity contribution in [2.75, 3.05) is 0 Å². The summed E-state index contributed by atoms with van der Waals surface area (Å²) in [5.74, 6) is 0. The van der Waals surface area contributed by atoms with Crippen LogP contribution in [0.3, 0.4) is 0 Å². The molecule has 74 valence electrons. The van der Waals surface area contributed by atoms with E-state index in [2.05, 4.69) is 10.2 Å². The second-order valence-corrected chi connectivity index (χ2v) is 4.54. The van der Waals surface area contributed by atoms with Crippen LogP contribution in [0, 0.1) is 6.92 Å². The number of nitrogens with zero attached hydrogens (tertiary/aromatic N) is 2. The van der Waals surface area contributed by atoms with E-state index in [-0.39, 0.29) is 5.60 Å². The first-order chi connectivity index (χ1) is 6.70. The number of hydrogen-bond donors (Lipinski definition) is 0. The van der Waals surface area contributed by atoms with Crippen LogP contribution in [0.5, 0.6) is 0 Å². The van der Waals surface area contributed by atoms with E-state index in [0.717, 1.165) is 36.1 Å². The minimum Gasteiger partial charge on any atom is -0.370 e. The zero-order valence-electron chi connectivity index (χ0n) is 8.01. The predicted octanol–water partition coefficient (Wildman–Crippen LogP) is 2.04. The minimum absolute atomic E-state index is 0.103. The molecule has 3 rings (SSSR count). The molecule has 1 saturated carbocycles. The Bertz CT molecular complexity index is 401. The molecule has 0 atom stereocenters. The molecule has 0 radical (unpaired) electrons. The van der Waals surface area contributed by atoms with Crippen molar-refractivity contribution in [1.29, 1.82) is 0 Å². The third-order valence-corrected chi connectivity index (χ3v) is 3.47. The maximum atomic E-state index is 6.04. The Morgan fingerprint density at radius 2 is 2.07 bits per heavy atom. The second kappa shape index (κ2) is 2.67. The Morgan fingerprint density at radius 1 is 1.29 bits per heavy atom. The Morgan fingerprint density at radius 3 is 2.79 bits per heavy atom. The highest BCUT2D eigenvalue weighted by Crippen LogP contribution is 2.47. The van der Waals surface area contributed by atoms with Crippen molar-refractivity contribution in [2.24, 2.45) is 0 Å². The number of fused-ring (bicyclic) bond motifs is 1. The van der Waals surface area contributed by atoms with Crippen molar-refractivity contribution < 1.29 is 4.74 Å². The molecule has 0 amide bonds. The smallest absolute Gasteiger partial charge is 0.155 e. The van der Waals surface area contributed by atoms with E-state index < -0.39 is 0 Å². The third-order valence-electron chi connectivity index (χ3n) is 3.17. The molecule has 0 bridgehead atoms. The third kappa shape index (κ3) is 1.16. The van der Waals surface area contributed by atoms with Crippen LogP contribution < -0.4 is 0 Å². The van der Waals surface area contributed by atoms with Crippen molar-refractivity contribution in [2.45, 2.75) is 38.4 Å². The normalized spacial score (nSPS) is 22.1. The van der Waals surface area contributed by atoms with Gasteiger partial charge in [0.25, 0.3) is 0 Å². The summed E-state index contributed by atoms with van der Waals surface area (Å²) in [6.07, 6.45) is 3.23. The molecular weight excluding hydrogens is 200 g/mol. The second-order valence-electron chi connectivity index (χ2n) is 4.18. The van der Waals surface area contributed by atoms with Crippen LogP contribution >= 0.6 is 11.6 Å². The van der Waals surface area contributed by atoms with Gasteiger partial charge in [-0.2, -0.15) is 5.10 Å². The Hall–Kier alpha value is -0.670. The minimum atomic E-state index is 0.103. The average Bonchev–Trinajstić information content (AvgIpc) is 2.92. The first-order valence-corrected chi connectivity index (χ1v) is 5.22. The Kier molecular flexibility index (Phi) is 1.65. The molecule has 1 aromatic heterocycles. The van der Waals surface area contributed by atoms with Gasteiger partial charge in [-0.3, -0.25) is 0 Å². The maximum Gasteiger partial charge on any atom is 0.155 e. The fourth-order valence-corrected chi connectivity index (χ4v) is 2.23. The van der Waals surface area contributed by atoms with Crippen LogP contribution in [0.1, 0.15) is 29.7 Å². The number of aromatic nitrogens is 2. The van der Waals surface area contributed by atoms with Gasteiger partial charge in [-0.05, 0) is 19.8 Å². The van der Waals surface area contributed by atoms with Crippen LogP contribution in [-0.2, 0) is 17.8 Å². The summed E-state index contributed by atoms with van der Waals surface area (Å²) >= 11 is 6.04. The number of hydrogen-bond acceptors (Lipinski definition) is 3. The highest BCUT2D eigenvalue weighted by Gasteiger charge is 2.47. The van der Waals surface area contributed by atoms with Crippen LogP contribution in [-0.4, -0.2) is 15.8 Å². The molecule has 1 aromatic rings. The largest absolute Gasteiger partial charge is 0.370 e. The molecule has 4 heteroatoms. The molecule has 1 spiro atoms. The van der Waals surface area contributed by atoms with Gasteiger partial charge in [-0.25, -0.2) is 0 Å². The molecule has 0 N–H and O–H groups in total. The van der Waals surface area contributed by atoms with Gasteiger partial charge in [0.1, 0.15) is 0 Å². The first kappa shape index (κ1) is 8.62. The highest BCUT2D eigenvalue weighted by molar-refractivity contribution is 6.30. The van der Waals surface area contributed by atoms with Gasteiger partial charge < -0.3 is 4.74 Å². The van der Waals surface area contributed by atoms with Crippen LogP contribution in [0.2, 0.25) is 5.15 Å². The van der Waals surface area contributed by atoms with Crippen molar-refractivity contribution in [3.63, 3.8) is 0 Å². The van der Waals surface area contributed by atoms with E-state index in [0.29, 0.717) is 11.8 Å². The SMILES string of the molecule is Cc1nnc(Cl)c2c1COC1(CC1)C2. The standard InChI is InChI=1S/C10H11ClN2O/c1-6-8-5-14-10(2-3-10)4-7(8)9(11)13-12-6/h2-5H2,1H3. The Labute approximate surface area is 87.4 Å². The van der Waals surface area contributed by atoms with Crippen molar-refractivity contribution in [3.05, 3.63) is 22.0 Å².